The van der Waals surface area contributed by atoms with Gasteiger partial charge in [0.2, 0.25) is 0 Å². The van der Waals surface area contributed by atoms with Crippen LogP contribution in [0, 0.1) is 0 Å². The van der Waals surface area contributed by atoms with Gasteiger partial charge in [-0.15, -0.1) is 0 Å². The van der Waals surface area contributed by atoms with Gasteiger partial charge in [-0.25, -0.2) is 0 Å². The van der Waals surface area contributed by atoms with Crippen LogP contribution in [0.15, 0.2) is 0 Å². The van der Waals surface area contributed by atoms with E-state index in [1.165, 1.54) is 13.0 Å². The minimum Gasteiger partial charge on any atom is -0.376 e. The van der Waals surface area contributed by atoms with Crippen molar-refractivity contribution in [2.24, 2.45) is 0 Å². The molecule has 0 aromatic carbocycles. The average Bonchev–Trinajstić information content (AvgIpc) is 2.39. The summed E-state index contributed by atoms with van der Waals surface area (Å²) >= 11 is 0. The van der Waals surface area contributed by atoms with Crippen molar-refractivity contribution in [3.8, 4) is 0 Å². The molecule has 0 aromatic rings. The highest BCUT2D eigenvalue weighted by Gasteiger charge is 2.40. The molecule has 1 aliphatic heterocycles. The molecule has 0 bridgehead atoms. The molecule has 0 saturated carbocycles. The van der Waals surface area contributed by atoms with Crippen LogP contribution in [-0.2, 0) is 13.3 Å². The standard InChI is InChI=1S/C11H26N2O3Si/c1-5-6-12-7-9-13(10-8-12)11-17(14-2,15-3)16-4/h5-11H2,1-4H3. The van der Waals surface area contributed by atoms with Crippen molar-refractivity contribution in [2.45, 2.75) is 13.3 Å². The fourth-order valence-corrected chi connectivity index (χ4v) is 3.96. The summed E-state index contributed by atoms with van der Waals surface area (Å²) < 4.78 is 16.4. The van der Waals surface area contributed by atoms with E-state index in [4.69, 9.17) is 13.3 Å². The fraction of sp³-hybridized carbons (Fsp3) is 1.00. The Kier molecular flexibility index (Phi) is 6.61. The van der Waals surface area contributed by atoms with Crippen LogP contribution >= 0.6 is 0 Å². The molecule has 0 amide bonds. The van der Waals surface area contributed by atoms with Gasteiger partial charge in [0.05, 0.1) is 6.17 Å². The van der Waals surface area contributed by atoms with E-state index in [0.717, 1.165) is 32.3 Å². The van der Waals surface area contributed by atoms with Crippen molar-refractivity contribution in [1.29, 1.82) is 0 Å². The molecule has 1 rings (SSSR count). The van der Waals surface area contributed by atoms with Gasteiger partial charge in [-0.2, -0.15) is 0 Å². The van der Waals surface area contributed by atoms with Crippen LogP contribution in [-0.4, -0.2) is 78.8 Å². The summed E-state index contributed by atoms with van der Waals surface area (Å²) in [5, 5.41) is 0. The molecular weight excluding hydrogens is 236 g/mol. The normalized spacial score (nSPS) is 19.8. The molecule has 0 aromatic heterocycles. The van der Waals surface area contributed by atoms with E-state index >= 15 is 0 Å². The van der Waals surface area contributed by atoms with E-state index in [1.54, 1.807) is 21.3 Å². The molecule has 0 N–H and O–H groups in total. The summed E-state index contributed by atoms with van der Waals surface area (Å²) in [6.45, 7) is 7.85. The van der Waals surface area contributed by atoms with Crippen LogP contribution in [0.5, 0.6) is 0 Å². The fourth-order valence-electron chi connectivity index (χ4n) is 2.20. The van der Waals surface area contributed by atoms with Crippen molar-refractivity contribution < 1.29 is 13.3 Å². The molecule has 0 atom stereocenters. The molecule has 17 heavy (non-hydrogen) atoms. The van der Waals surface area contributed by atoms with Gasteiger partial charge >= 0.3 is 8.80 Å². The summed E-state index contributed by atoms with van der Waals surface area (Å²) in [5.74, 6) is 0. The lowest BCUT2D eigenvalue weighted by atomic mass is 10.3. The third-order valence-electron chi connectivity index (χ3n) is 3.36. The SMILES string of the molecule is CCCN1CCN(C[Si](OC)(OC)OC)CC1. The summed E-state index contributed by atoms with van der Waals surface area (Å²) in [7, 11) is 2.58. The van der Waals surface area contributed by atoms with Crippen LogP contribution in [0.2, 0.25) is 0 Å². The highest BCUT2D eigenvalue weighted by atomic mass is 28.4. The minimum atomic E-state index is -2.44. The van der Waals surface area contributed by atoms with Gasteiger partial charge in [-0.3, -0.25) is 4.90 Å². The number of hydrogen-bond acceptors (Lipinski definition) is 5. The van der Waals surface area contributed by atoms with Crippen LogP contribution < -0.4 is 0 Å². The quantitative estimate of drug-likeness (QED) is 0.622. The zero-order valence-corrected chi connectivity index (χ0v) is 12.6. The van der Waals surface area contributed by atoms with Crippen molar-refractivity contribution in [3.63, 3.8) is 0 Å². The molecular formula is C11H26N2O3Si. The predicted molar refractivity (Wildman–Crippen MR) is 70.0 cm³/mol. The van der Waals surface area contributed by atoms with Gasteiger partial charge < -0.3 is 18.2 Å². The third kappa shape index (κ3) is 4.31. The second-order valence-electron chi connectivity index (χ2n) is 4.41. The number of hydrogen-bond donors (Lipinski definition) is 0. The Balaban J connectivity index is 2.38. The van der Waals surface area contributed by atoms with E-state index in [9.17, 15) is 0 Å². The Morgan fingerprint density at radius 3 is 1.76 bits per heavy atom. The minimum absolute atomic E-state index is 0.788. The predicted octanol–water partition coefficient (Wildman–Crippen LogP) is 0.431. The van der Waals surface area contributed by atoms with E-state index in [2.05, 4.69) is 16.7 Å². The number of nitrogens with zero attached hydrogens (tertiary/aromatic N) is 2. The Bertz CT molecular complexity index is 199. The highest BCUT2D eigenvalue weighted by molar-refractivity contribution is 6.60. The van der Waals surface area contributed by atoms with Crippen LogP contribution in [0.25, 0.3) is 0 Å². The lowest BCUT2D eigenvalue weighted by molar-refractivity contribution is 0.0827. The van der Waals surface area contributed by atoms with Crippen molar-refractivity contribution >= 4 is 8.80 Å². The molecule has 1 fully saturated rings. The van der Waals surface area contributed by atoms with Gasteiger partial charge in [0, 0.05) is 47.5 Å². The molecule has 102 valence electrons. The first kappa shape index (κ1) is 15.1. The largest absolute Gasteiger partial charge is 0.514 e. The Morgan fingerprint density at radius 2 is 1.35 bits per heavy atom. The second kappa shape index (κ2) is 7.45. The Labute approximate surface area is 106 Å². The van der Waals surface area contributed by atoms with Crippen LogP contribution in [0.1, 0.15) is 13.3 Å². The average molecular weight is 262 g/mol. The van der Waals surface area contributed by atoms with Gasteiger partial charge in [-0.05, 0) is 13.0 Å². The summed E-state index contributed by atoms with van der Waals surface area (Å²) in [4.78, 5) is 4.89. The van der Waals surface area contributed by atoms with Gasteiger partial charge in [0.1, 0.15) is 0 Å². The molecule has 5 nitrogen and oxygen atoms in total. The first-order chi connectivity index (χ1) is 8.19. The van der Waals surface area contributed by atoms with Gasteiger partial charge in [0.15, 0.2) is 0 Å². The van der Waals surface area contributed by atoms with Crippen molar-refractivity contribution in [2.75, 3.05) is 60.2 Å². The maximum Gasteiger partial charge on any atom is 0.514 e. The summed E-state index contributed by atoms with van der Waals surface area (Å²) in [6.07, 6.45) is 2.02. The maximum absolute atomic E-state index is 5.45. The van der Waals surface area contributed by atoms with Crippen LogP contribution in [0.4, 0.5) is 0 Å². The summed E-state index contributed by atoms with van der Waals surface area (Å²) in [6, 6.07) is 0. The number of piperazine rings is 1. The molecule has 6 heteroatoms. The lowest BCUT2D eigenvalue weighted by Crippen LogP contribution is -2.57. The molecule has 1 saturated heterocycles. The maximum atomic E-state index is 5.45. The zero-order valence-electron chi connectivity index (χ0n) is 11.6. The highest BCUT2D eigenvalue weighted by Crippen LogP contribution is 2.11. The molecule has 1 heterocycles. The first-order valence-corrected chi connectivity index (χ1v) is 8.23. The van der Waals surface area contributed by atoms with Gasteiger partial charge in [-0.1, -0.05) is 6.92 Å². The molecule has 1 aliphatic rings. The van der Waals surface area contributed by atoms with E-state index in [0.29, 0.717) is 0 Å². The molecule has 0 spiro atoms. The summed E-state index contributed by atoms with van der Waals surface area (Å²) in [5.41, 5.74) is 0. The third-order valence-corrected chi connectivity index (χ3v) is 6.06. The zero-order chi connectivity index (χ0) is 12.7. The Morgan fingerprint density at radius 1 is 0.882 bits per heavy atom. The molecule has 0 radical (unpaired) electrons. The van der Waals surface area contributed by atoms with Gasteiger partial charge in [0.25, 0.3) is 0 Å². The Hall–Kier alpha value is 0.0169. The van der Waals surface area contributed by atoms with E-state index < -0.39 is 8.80 Å². The van der Waals surface area contributed by atoms with Crippen LogP contribution in [0.3, 0.4) is 0 Å². The first-order valence-electron chi connectivity index (χ1n) is 6.30. The smallest absolute Gasteiger partial charge is 0.376 e. The van der Waals surface area contributed by atoms with Crippen molar-refractivity contribution in [3.05, 3.63) is 0 Å². The lowest BCUT2D eigenvalue weighted by Gasteiger charge is -2.37. The molecule has 0 unspecified atom stereocenters. The number of rotatable bonds is 7. The van der Waals surface area contributed by atoms with Crippen molar-refractivity contribution in [1.82, 2.24) is 9.80 Å². The second-order valence-corrected chi connectivity index (χ2v) is 7.32. The molecule has 0 aliphatic carbocycles. The van der Waals surface area contributed by atoms with E-state index in [1.807, 2.05) is 0 Å². The van der Waals surface area contributed by atoms with E-state index in [-0.39, 0.29) is 0 Å². The topological polar surface area (TPSA) is 34.2 Å². The monoisotopic (exact) mass is 262 g/mol.